The number of aromatic nitrogens is 2. The van der Waals surface area contributed by atoms with Gasteiger partial charge in [0.1, 0.15) is 17.7 Å². The van der Waals surface area contributed by atoms with Crippen molar-refractivity contribution in [1.29, 1.82) is 0 Å². The number of hydrogen-bond donors (Lipinski definition) is 1. The molecule has 5 nitrogen and oxygen atoms in total. The Hall–Kier alpha value is -1.92. The van der Waals surface area contributed by atoms with E-state index in [-0.39, 0.29) is 5.82 Å². The van der Waals surface area contributed by atoms with Crippen molar-refractivity contribution >= 4 is 0 Å². The number of fused-ring (bicyclic) bond motifs is 1. The van der Waals surface area contributed by atoms with Crippen LogP contribution in [0.15, 0.2) is 30.3 Å². The summed E-state index contributed by atoms with van der Waals surface area (Å²) in [6.07, 6.45) is 3.81. The van der Waals surface area contributed by atoms with Crippen LogP contribution in [-0.2, 0) is 13.1 Å². The third kappa shape index (κ3) is 4.24. The van der Waals surface area contributed by atoms with Crippen molar-refractivity contribution in [2.75, 3.05) is 19.7 Å². The molecule has 140 valence electrons. The molecule has 0 radical (unpaired) electrons. The number of aryl methyl sites for hydroxylation is 1. The van der Waals surface area contributed by atoms with Crippen molar-refractivity contribution in [1.82, 2.24) is 14.7 Å². The summed E-state index contributed by atoms with van der Waals surface area (Å²) in [5.74, 6) is 0.873. The number of aliphatic hydroxyl groups is 1. The predicted molar refractivity (Wildman–Crippen MR) is 96.3 cm³/mol. The van der Waals surface area contributed by atoms with Crippen LogP contribution in [-0.4, -0.2) is 39.5 Å². The molecule has 0 spiro atoms. The maximum atomic E-state index is 12.9. The van der Waals surface area contributed by atoms with Gasteiger partial charge in [-0.25, -0.2) is 4.39 Å². The molecule has 1 fully saturated rings. The zero-order valence-corrected chi connectivity index (χ0v) is 15.0. The lowest BCUT2D eigenvalue weighted by Crippen LogP contribution is -2.25. The molecule has 2 aliphatic rings. The van der Waals surface area contributed by atoms with Crippen molar-refractivity contribution in [2.24, 2.45) is 5.92 Å². The Balaban J connectivity index is 1.27. The summed E-state index contributed by atoms with van der Waals surface area (Å²) in [6.45, 7) is 4.39. The molecule has 2 aromatic rings. The van der Waals surface area contributed by atoms with Crippen LogP contribution in [0.5, 0.6) is 5.75 Å². The van der Waals surface area contributed by atoms with Crippen LogP contribution in [0, 0.1) is 11.7 Å². The maximum Gasteiger partial charge on any atom is 0.123 e. The number of halogens is 1. The highest BCUT2D eigenvalue weighted by Gasteiger charge is 2.33. The Morgan fingerprint density at radius 3 is 2.81 bits per heavy atom. The van der Waals surface area contributed by atoms with E-state index in [1.807, 2.05) is 0 Å². The Morgan fingerprint density at radius 2 is 2.04 bits per heavy atom. The SMILES string of the molecule is O[C@H](c1cc2n(n1)CCCN(CCCOc1ccc(F)cc1)C2)C1CC1. The molecule has 1 N–H and O–H groups in total. The quantitative estimate of drug-likeness (QED) is 0.772. The number of ether oxygens (including phenoxy) is 1. The molecule has 0 saturated heterocycles. The molecule has 1 atom stereocenters. The lowest BCUT2D eigenvalue weighted by atomic mass is 10.1. The minimum atomic E-state index is -0.396. The molecule has 1 aromatic carbocycles. The van der Waals surface area contributed by atoms with Crippen molar-refractivity contribution in [3.05, 3.63) is 47.5 Å². The van der Waals surface area contributed by atoms with Crippen molar-refractivity contribution in [3.8, 4) is 5.75 Å². The van der Waals surface area contributed by atoms with E-state index < -0.39 is 6.10 Å². The van der Waals surface area contributed by atoms with Gasteiger partial charge in [-0.3, -0.25) is 9.58 Å². The third-order valence-electron chi connectivity index (χ3n) is 5.18. The van der Waals surface area contributed by atoms with Gasteiger partial charge in [0.2, 0.25) is 0 Å². The Kier molecular flexibility index (Phi) is 5.22. The fourth-order valence-electron chi connectivity index (χ4n) is 3.55. The van der Waals surface area contributed by atoms with E-state index in [4.69, 9.17) is 4.74 Å². The number of benzene rings is 1. The number of rotatable bonds is 7. The smallest absolute Gasteiger partial charge is 0.123 e. The predicted octanol–water partition coefficient (Wildman–Crippen LogP) is 3.14. The van der Waals surface area contributed by atoms with Crippen LogP contribution in [0.4, 0.5) is 4.39 Å². The summed E-state index contributed by atoms with van der Waals surface area (Å²) in [4.78, 5) is 2.42. The summed E-state index contributed by atoms with van der Waals surface area (Å²) in [6, 6.07) is 8.23. The second-order valence-electron chi connectivity index (χ2n) is 7.35. The molecule has 4 rings (SSSR count). The highest BCUT2D eigenvalue weighted by atomic mass is 19.1. The van der Waals surface area contributed by atoms with Gasteiger partial charge in [-0.1, -0.05) is 0 Å². The highest BCUT2D eigenvalue weighted by molar-refractivity contribution is 5.22. The molecule has 0 unspecified atom stereocenters. The van der Waals surface area contributed by atoms with Crippen LogP contribution in [0.3, 0.4) is 0 Å². The number of nitrogens with zero attached hydrogens (tertiary/aromatic N) is 3. The first-order valence-electron chi connectivity index (χ1n) is 9.54. The Bertz CT molecular complexity index is 727. The van der Waals surface area contributed by atoms with Gasteiger partial charge >= 0.3 is 0 Å². The van der Waals surface area contributed by atoms with Gasteiger partial charge in [0.25, 0.3) is 0 Å². The molecule has 1 aromatic heterocycles. The van der Waals surface area contributed by atoms with Crippen LogP contribution < -0.4 is 4.74 Å². The fraction of sp³-hybridized carbons (Fsp3) is 0.550. The molecule has 0 amide bonds. The summed E-state index contributed by atoms with van der Waals surface area (Å²) >= 11 is 0. The first kappa shape index (κ1) is 17.5. The molecule has 0 bridgehead atoms. The normalized spacial score (nSPS) is 19.0. The number of hydrogen-bond acceptors (Lipinski definition) is 4. The summed E-state index contributed by atoms with van der Waals surface area (Å²) in [5, 5.41) is 14.9. The zero-order valence-electron chi connectivity index (χ0n) is 15.0. The standard InChI is InChI=1S/C20H26FN3O2/c21-16-5-7-18(8-6-16)26-12-2-10-23-9-1-11-24-17(14-23)13-19(22-24)20(25)15-3-4-15/h5-8,13,15,20,25H,1-4,9-12,14H2/t20-/m0/s1. The van der Waals surface area contributed by atoms with E-state index in [1.54, 1.807) is 12.1 Å². The molecule has 1 aliphatic carbocycles. The molecular formula is C20H26FN3O2. The zero-order chi connectivity index (χ0) is 17.9. The van der Waals surface area contributed by atoms with Crippen molar-refractivity contribution in [3.63, 3.8) is 0 Å². The first-order chi connectivity index (χ1) is 12.7. The molecule has 2 heterocycles. The van der Waals surface area contributed by atoms with Gasteiger partial charge in [-0.05, 0) is 61.9 Å². The third-order valence-corrected chi connectivity index (χ3v) is 5.18. The lowest BCUT2D eigenvalue weighted by molar-refractivity contribution is 0.148. The van der Waals surface area contributed by atoms with E-state index in [0.29, 0.717) is 18.3 Å². The van der Waals surface area contributed by atoms with E-state index >= 15 is 0 Å². The number of aliphatic hydroxyl groups excluding tert-OH is 1. The van der Waals surface area contributed by atoms with E-state index in [0.717, 1.165) is 57.6 Å². The van der Waals surface area contributed by atoms with E-state index in [2.05, 4.69) is 20.7 Å². The average Bonchev–Trinajstić information content (AvgIpc) is 3.44. The fourth-order valence-corrected chi connectivity index (χ4v) is 3.55. The molecule has 6 heteroatoms. The Morgan fingerprint density at radius 1 is 1.23 bits per heavy atom. The van der Waals surface area contributed by atoms with Crippen LogP contribution in [0.25, 0.3) is 0 Å². The van der Waals surface area contributed by atoms with Gasteiger partial charge in [0.05, 0.1) is 18.0 Å². The molecule has 1 aliphatic heterocycles. The van der Waals surface area contributed by atoms with E-state index in [1.165, 1.54) is 17.8 Å². The van der Waals surface area contributed by atoms with Gasteiger partial charge in [-0.2, -0.15) is 5.10 Å². The van der Waals surface area contributed by atoms with Gasteiger partial charge in [-0.15, -0.1) is 0 Å². The highest BCUT2D eigenvalue weighted by Crippen LogP contribution is 2.40. The topological polar surface area (TPSA) is 50.5 Å². The second-order valence-corrected chi connectivity index (χ2v) is 7.35. The molecular weight excluding hydrogens is 333 g/mol. The van der Waals surface area contributed by atoms with Gasteiger partial charge < -0.3 is 9.84 Å². The lowest BCUT2D eigenvalue weighted by Gasteiger charge is -2.19. The second kappa shape index (κ2) is 7.76. The van der Waals surface area contributed by atoms with Crippen LogP contribution in [0.1, 0.15) is 43.2 Å². The first-order valence-corrected chi connectivity index (χ1v) is 9.54. The van der Waals surface area contributed by atoms with Crippen molar-refractivity contribution < 1.29 is 14.2 Å². The van der Waals surface area contributed by atoms with Crippen LogP contribution in [0.2, 0.25) is 0 Å². The molecule has 1 saturated carbocycles. The average molecular weight is 359 g/mol. The minimum absolute atomic E-state index is 0.246. The van der Waals surface area contributed by atoms with Crippen molar-refractivity contribution in [2.45, 2.75) is 44.9 Å². The van der Waals surface area contributed by atoms with Gasteiger partial charge in [0, 0.05) is 26.2 Å². The summed E-state index contributed by atoms with van der Waals surface area (Å²) in [7, 11) is 0. The van der Waals surface area contributed by atoms with E-state index in [9.17, 15) is 9.50 Å². The molecule has 26 heavy (non-hydrogen) atoms. The minimum Gasteiger partial charge on any atom is -0.494 e. The maximum absolute atomic E-state index is 12.9. The largest absolute Gasteiger partial charge is 0.494 e. The summed E-state index contributed by atoms with van der Waals surface area (Å²) in [5.41, 5.74) is 2.03. The Labute approximate surface area is 153 Å². The van der Waals surface area contributed by atoms with Gasteiger partial charge in [0.15, 0.2) is 0 Å². The monoisotopic (exact) mass is 359 g/mol. The van der Waals surface area contributed by atoms with Crippen LogP contribution >= 0.6 is 0 Å². The summed E-state index contributed by atoms with van der Waals surface area (Å²) < 4.78 is 20.6.